The Balaban J connectivity index is 1.95. The van der Waals surface area contributed by atoms with Gasteiger partial charge in [0, 0.05) is 16.9 Å². The molecule has 0 spiro atoms. The summed E-state index contributed by atoms with van der Waals surface area (Å²) in [6.07, 6.45) is -2.63. The van der Waals surface area contributed by atoms with E-state index < -0.39 is 6.43 Å². The van der Waals surface area contributed by atoms with E-state index >= 15 is 0 Å². The number of carbonyl (C=O) groups excluding carboxylic acids is 1. The predicted molar refractivity (Wildman–Crippen MR) is 96.5 cm³/mol. The summed E-state index contributed by atoms with van der Waals surface area (Å²) in [4.78, 5) is 16.8. The number of aromatic nitrogens is 3. The molecule has 0 radical (unpaired) electrons. The first-order valence-electron chi connectivity index (χ1n) is 8.26. The molecule has 1 N–H and O–H groups in total. The molecular weight excluding hydrogens is 338 g/mol. The van der Waals surface area contributed by atoms with Gasteiger partial charge in [0.2, 0.25) is 5.91 Å². The molecule has 3 aromatic rings. The number of pyridine rings is 1. The number of amides is 1. The summed E-state index contributed by atoms with van der Waals surface area (Å²) in [6.45, 7) is 7.02. The number of hydrogen-bond donors (Lipinski definition) is 1. The molecule has 26 heavy (non-hydrogen) atoms. The van der Waals surface area contributed by atoms with Crippen molar-refractivity contribution in [3.8, 4) is 0 Å². The van der Waals surface area contributed by atoms with Crippen molar-refractivity contribution in [1.29, 1.82) is 0 Å². The molecule has 0 aliphatic heterocycles. The van der Waals surface area contributed by atoms with Crippen LogP contribution in [0.25, 0.3) is 11.0 Å². The van der Waals surface area contributed by atoms with E-state index in [-0.39, 0.29) is 18.0 Å². The topological polar surface area (TPSA) is 59.8 Å². The third-order valence-electron chi connectivity index (χ3n) is 4.31. The van der Waals surface area contributed by atoms with Crippen LogP contribution in [0.3, 0.4) is 0 Å². The Kier molecular flexibility index (Phi) is 4.71. The van der Waals surface area contributed by atoms with Crippen molar-refractivity contribution in [2.24, 2.45) is 0 Å². The second-order valence-electron chi connectivity index (χ2n) is 6.41. The Morgan fingerprint density at radius 3 is 2.46 bits per heavy atom. The van der Waals surface area contributed by atoms with Crippen LogP contribution in [0.5, 0.6) is 0 Å². The molecule has 0 atom stereocenters. The summed E-state index contributed by atoms with van der Waals surface area (Å²) >= 11 is 0. The number of nitrogens with zero attached hydrogens (tertiary/aromatic N) is 3. The number of carbonyl (C=O) groups is 1. The number of rotatable bonds is 4. The van der Waals surface area contributed by atoms with Crippen molar-refractivity contribution < 1.29 is 13.6 Å². The smallest absolute Gasteiger partial charge is 0.264 e. The van der Waals surface area contributed by atoms with Gasteiger partial charge in [-0.2, -0.15) is 5.10 Å². The van der Waals surface area contributed by atoms with Crippen molar-refractivity contribution in [2.75, 3.05) is 5.32 Å². The molecule has 136 valence electrons. The summed E-state index contributed by atoms with van der Waals surface area (Å²) in [5.41, 5.74) is 3.75. The predicted octanol–water partition coefficient (Wildman–Crippen LogP) is 4.24. The van der Waals surface area contributed by atoms with Crippen molar-refractivity contribution >= 4 is 22.6 Å². The number of nitrogens with one attached hydrogen (secondary N) is 1. The molecule has 0 unspecified atom stereocenters. The Labute approximate surface area is 150 Å². The van der Waals surface area contributed by atoms with E-state index in [2.05, 4.69) is 15.4 Å². The van der Waals surface area contributed by atoms with Gasteiger partial charge in [-0.3, -0.25) is 4.79 Å². The van der Waals surface area contributed by atoms with Gasteiger partial charge in [0.1, 0.15) is 6.54 Å². The highest BCUT2D eigenvalue weighted by molar-refractivity contribution is 5.93. The molecule has 0 bridgehead atoms. The summed E-state index contributed by atoms with van der Waals surface area (Å²) in [5.74, 6) is -0.284. The highest BCUT2D eigenvalue weighted by Crippen LogP contribution is 2.30. The molecule has 5 nitrogen and oxygen atoms in total. The monoisotopic (exact) mass is 358 g/mol. The van der Waals surface area contributed by atoms with Gasteiger partial charge in [-0.25, -0.2) is 18.4 Å². The van der Waals surface area contributed by atoms with Crippen molar-refractivity contribution in [1.82, 2.24) is 14.8 Å². The lowest BCUT2D eigenvalue weighted by Crippen LogP contribution is -2.21. The molecule has 0 aliphatic carbocycles. The number of halogens is 2. The molecule has 0 aliphatic rings. The number of benzene rings is 1. The third-order valence-corrected chi connectivity index (χ3v) is 4.31. The number of para-hydroxylation sites is 1. The molecule has 0 saturated carbocycles. The molecule has 2 heterocycles. The number of hydrogen-bond acceptors (Lipinski definition) is 3. The standard InChI is InChI=1S/C19H20F2N4O/c1-10-6-5-7-11(2)17(10)23-15(26)9-25-19-16(13(4)24-25)14(18(20)21)8-12(3)22-19/h5-8,18H,9H2,1-4H3,(H,23,26). The zero-order valence-corrected chi connectivity index (χ0v) is 15.1. The van der Waals surface area contributed by atoms with Gasteiger partial charge in [-0.05, 0) is 44.9 Å². The van der Waals surface area contributed by atoms with Crippen molar-refractivity contribution in [3.05, 3.63) is 52.3 Å². The van der Waals surface area contributed by atoms with Gasteiger partial charge in [0.05, 0.1) is 11.1 Å². The largest absolute Gasteiger partial charge is 0.324 e. The van der Waals surface area contributed by atoms with E-state index in [0.29, 0.717) is 22.4 Å². The minimum atomic E-state index is -2.63. The normalized spacial score (nSPS) is 11.3. The van der Waals surface area contributed by atoms with Crippen LogP contribution in [0.4, 0.5) is 14.5 Å². The second-order valence-corrected chi connectivity index (χ2v) is 6.41. The average molecular weight is 358 g/mol. The fraction of sp³-hybridized carbons (Fsp3) is 0.316. The van der Waals surface area contributed by atoms with Gasteiger partial charge < -0.3 is 5.32 Å². The highest BCUT2D eigenvalue weighted by atomic mass is 19.3. The van der Waals surface area contributed by atoms with E-state index in [0.717, 1.165) is 16.8 Å². The van der Waals surface area contributed by atoms with Gasteiger partial charge in [-0.15, -0.1) is 0 Å². The van der Waals surface area contributed by atoms with Crippen LogP contribution >= 0.6 is 0 Å². The Bertz CT molecular complexity index is 975. The first kappa shape index (κ1) is 18.0. The lowest BCUT2D eigenvalue weighted by Gasteiger charge is -2.12. The molecular formula is C19H20F2N4O. The Hall–Kier alpha value is -2.83. The quantitative estimate of drug-likeness (QED) is 0.759. The Morgan fingerprint density at radius 1 is 1.19 bits per heavy atom. The van der Waals surface area contributed by atoms with Crippen LogP contribution in [-0.4, -0.2) is 20.7 Å². The van der Waals surface area contributed by atoms with Crippen molar-refractivity contribution in [2.45, 2.75) is 40.7 Å². The molecule has 7 heteroatoms. The molecule has 2 aromatic heterocycles. The van der Waals surface area contributed by atoms with Crippen LogP contribution in [0.2, 0.25) is 0 Å². The minimum absolute atomic E-state index is 0.1000. The number of aryl methyl sites for hydroxylation is 4. The Morgan fingerprint density at radius 2 is 1.85 bits per heavy atom. The molecule has 0 saturated heterocycles. The van der Waals surface area contributed by atoms with Gasteiger partial charge >= 0.3 is 0 Å². The zero-order chi connectivity index (χ0) is 19.0. The number of alkyl halides is 2. The molecule has 1 amide bonds. The lowest BCUT2D eigenvalue weighted by molar-refractivity contribution is -0.116. The maximum Gasteiger partial charge on any atom is 0.264 e. The third kappa shape index (κ3) is 3.29. The van der Waals surface area contributed by atoms with Crippen molar-refractivity contribution in [3.63, 3.8) is 0 Å². The molecule has 1 aromatic carbocycles. The summed E-state index contributed by atoms with van der Waals surface area (Å²) in [5, 5.41) is 7.45. The first-order valence-corrected chi connectivity index (χ1v) is 8.26. The van der Waals surface area contributed by atoms with Gasteiger partial charge in [0.15, 0.2) is 5.65 Å². The van der Waals surface area contributed by atoms with Gasteiger partial charge in [-0.1, -0.05) is 18.2 Å². The fourth-order valence-corrected chi connectivity index (χ4v) is 3.13. The summed E-state index contributed by atoms with van der Waals surface area (Å²) in [6, 6.07) is 7.11. The van der Waals surface area contributed by atoms with Crippen LogP contribution in [0.1, 0.15) is 34.5 Å². The van der Waals surface area contributed by atoms with Crippen LogP contribution < -0.4 is 5.32 Å². The molecule has 0 fully saturated rings. The molecule has 3 rings (SSSR count). The van der Waals surface area contributed by atoms with Crippen LogP contribution in [-0.2, 0) is 11.3 Å². The van der Waals surface area contributed by atoms with Crippen LogP contribution in [0.15, 0.2) is 24.3 Å². The van der Waals surface area contributed by atoms with Gasteiger partial charge in [0.25, 0.3) is 6.43 Å². The van der Waals surface area contributed by atoms with E-state index in [9.17, 15) is 13.6 Å². The first-order chi connectivity index (χ1) is 12.3. The minimum Gasteiger partial charge on any atom is -0.324 e. The second kappa shape index (κ2) is 6.82. The maximum absolute atomic E-state index is 13.4. The fourth-order valence-electron chi connectivity index (χ4n) is 3.13. The average Bonchev–Trinajstić information content (AvgIpc) is 2.86. The van der Waals surface area contributed by atoms with E-state index in [1.165, 1.54) is 10.7 Å². The summed E-state index contributed by atoms with van der Waals surface area (Å²) in [7, 11) is 0. The number of anilines is 1. The van der Waals surface area contributed by atoms with E-state index in [4.69, 9.17) is 0 Å². The maximum atomic E-state index is 13.4. The summed E-state index contributed by atoms with van der Waals surface area (Å²) < 4.78 is 28.1. The number of fused-ring (bicyclic) bond motifs is 1. The van der Waals surface area contributed by atoms with E-state index in [1.54, 1.807) is 13.8 Å². The van der Waals surface area contributed by atoms with E-state index in [1.807, 2.05) is 32.0 Å². The zero-order valence-electron chi connectivity index (χ0n) is 15.1. The lowest BCUT2D eigenvalue weighted by atomic mass is 10.1. The highest BCUT2D eigenvalue weighted by Gasteiger charge is 2.20. The SMILES string of the molecule is Cc1cc(C(F)F)c2c(C)nn(CC(=O)Nc3c(C)cccc3C)c2n1. The van der Waals surface area contributed by atoms with Crippen LogP contribution in [0, 0.1) is 27.7 Å².